The Hall–Kier alpha value is -1.05. The van der Waals surface area contributed by atoms with Gasteiger partial charge in [0, 0.05) is 16.0 Å². The van der Waals surface area contributed by atoms with E-state index in [9.17, 15) is 4.79 Å². The molecule has 0 unspecified atom stereocenters. The van der Waals surface area contributed by atoms with Gasteiger partial charge in [0.15, 0.2) is 0 Å². The summed E-state index contributed by atoms with van der Waals surface area (Å²) in [5.74, 6) is 0. The lowest BCUT2D eigenvalue weighted by Crippen LogP contribution is -1.90. The number of rotatable bonds is 1. The van der Waals surface area contributed by atoms with Crippen LogP contribution in [0.4, 0.5) is 0 Å². The molecule has 0 aliphatic heterocycles. The molecule has 0 aliphatic rings. The van der Waals surface area contributed by atoms with Gasteiger partial charge in [0.05, 0.1) is 0 Å². The zero-order valence-corrected chi connectivity index (χ0v) is 8.64. The van der Waals surface area contributed by atoms with Gasteiger partial charge < -0.3 is 0 Å². The van der Waals surface area contributed by atoms with E-state index >= 15 is 0 Å². The van der Waals surface area contributed by atoms with Gasteiger partial charge in [-0.15, -0.1) is 0 Å². The number of hydrogen-bond donors (Lipinski definition) is 0. The Labute approximate surface area is 91.2 Å². The summed E-state index contributed by atoms with van der Waals surface area (Å²) in [5.41, 5.74) is 0.492. The van der Waals surface area contributed by atoms with Gasteiger partial charge >= 0.3 is 0 Å². The molecule has 0 aliphatic carbocycles. The highest BCUT2D eigenvalue weighted by molar-refractivity contribution is 6.68. The fourth-order valence-corrected chi connectivity index (χ4v) is 1.83. The van der Waals surface area contributed by atoms with Gasteiger partial charge in [0.25, 0.3) is 5.24 Å². The summed E-state index contributed by atoms with van der Waals surface area (Å²) >= 11 is 11.4. The Bertz CT molecular complexity index is 506. The SMILES string of the molecule is O=C(Cl)c1ccc(Cl)c2ccccc12. The number of carbonyl (C=O) groups is 1. The molecule has 3 heteroatoms. The third kappa shape index (κ3) is 1.49. The lowest BCUT2D eigenvalue weighted by Gasteiger charge is -2.03. The van der Waals surface area contributed by atoms with Crippen molar-refractivity contribution in [1.29, 1.82) is 0 Å². The molecule has 0 spiro atoms. The zero-order valence-electron chi connectivity index (χ0n) is 7.13. The molecular weight excluding hydrogens is 219 g/mol. The van der Waals surface area contributed by atoms with Crippen molar-refractivity contribution in [3.05, 3.63) is 47.0 Å². The van der Waals surface area contributed by atoms with Crippen molar-refractivity contribution in [1.82, 2.24) is 0 Å². The molecule has 0 aromatic heterocycles. The van der Waals surface area contributed by atoms with Gasteiger partial charge in [-0.3, -0.25) is 4.79 Å². The molecule has 0 N–H and O–H groups in total. The molecule has 0 amide bonds. The van der Waals surface area contributed by atoms with Crippen molar-refractivity contribution < 1.29 is 4.79 Å². The van der Waals surface area contributed by atoms with Gasteiger partial charge in [0.1, 0.15) is 0 Å². The van der Waals surface area contributed by atoms with E-state index in [0.29, 0.717) is 10.6 Å². The van der Waals surface area contributed by atoms with Crippen molar-refractivity contribution >= 4 is 39.2 Å². The number of hydrogen-bond acceptors (Lipinski definition) is 1. The Morgan fingerprint density at radius 2 is 1.64 bits per heavy atom. The molecular formula is C11H6Cl2O. The van der Waals surface area contributed by atoms with Crippen molar-refractivity contribution in [2.24, 2.45) is 0 Å². The van der Waals surface area contributed by atoms with E-state index in [1.54, 1.807) is 12.1 Å². The molecule has 2 aromatic rings. The first-order valence-electron chi connectivity index (χ1n) is 4.07. The molecule has 70 valence electrons. The number of carbonyl (C=O) groups excluding carboxylic acids is 1. The van der Waals surface area contributed by atoms with Crippen LogP contribution in [0.1, 0.15) is 10.4 Å². The molecule has 0 saturated carbocycles. The minimum absolute atomic E-state index is 0.460. The summed E-state index contributed by atoms with van der Waals surface area (Å²) < 4.78 is 0. The first kappa shape index (κ1) is 9.50. The third-order valence-electron chi connectivity index (χ3n) is 2.08. The van der Waals surface area contributed by atoms with E-state index < -0.39 is 5.24 Å². The highest BCUT2D eigenvalue weighted by Crippen LogP contribution is 2.27. The molecule has 0 atom stereocenters. The molecule has 14 heavy (non-hydrogen) atoms. The minimum atomic E-state index is -0.460. The maximum Gasteiger partial charge on any atom is 0.253 e. The topological polar surface area (TPSA) is 17.1 Å². The monoisotopic (exact) mass is 224 g/mol. The maximum absolute atomic E-state index is 11.1. The quantitative estimate of drug-likeness (QED) is 0.673. The summed E-state index contributed by atoms with van der Waals surface area (Å²) in [7, 11) is 0. The zero-order chi connectivity index (χ0) is 10.1. The van der Waals surface area contributed by atoms with E-state index in [-0.39, 0.29) is 0 Å². The van der Waals surface area contributed by atoms with Crippen LogP contribution in [0.3, 0.4) is 0 Å². The van der Waals surface area contributed by atoms with Crippen LogP contribution in [0.15, 0.2) is 36.4 Å². The second-order valence-electron chi connectivity index (χ2n) is 2.91. The molecule has 0 fully saturated rings. The molecule has 0 radical (unpaired) electrons. The number of halogens is 2. The largest absolute Gasteiger partial charge is 0.276 e. The first-order valence-corrected chi connectivity index (χ1v) is 4.83. The van der Waals surface area contributed by atoms with E-state index in [4.69, 9.17) is 23.2 Å². The Kier molecular flexibility index (Phi) is 2.44. The van der Waals surface area contributed by atoms with Crippen LogP contribution in [0.2, 0.25) is 5.02 Å². The van der Waals surface area contributed by atoms with Gasteiger partial charge in [0.2, 0.25) is 0 Å². The lowest BCUT2D eigenvalue weighted by molar-refractivity contribution is 0.108. The van der Waals surface area contributed by atoms with Crippen molar-refractivity contribution in [2.75, 3.05) is 0 Å². The fourth-order valence-electron chi connectivity index (χ4n) is 1.43. The van der Waals surface area contributed by atoms with Crippen molar-refractivity contribution in [3.8, 4) is 0 Å². The average molecular weight is 225 g/mol. The van der Waals surface area contributed by atoms with Crippen LogP contribution in [0.5, 0.6) is 0 Å². The first-order chi connectivity index (χ1) is 6.70. The van der Waals surface area contributed by atoms with Gasteiger partial charge in [-0.05, 0) is 29.1 Å². The van der Waals surface area contributed by atoms with Crippen molar-refractivity contribution in [3.63, 3.8) is 0 Å². The Morgan fingerprint density at radius 1 is 1.00 bits per heavy atom. The standard InChI is InChI=1S/C11H6Cl2O/c12-10-6-5-9(11(13)14)7-3-1-2-4-8(7)10/h1-6H. The second kappa shape index (κ2) is 3.60. The minimum Gasteiger partial charge on any atom is -0.276 e. The Balaban J connectivity index is 2.88. The van der Waals surface area contributed by atoms with E-state index in [1.165, 1.54) is 0 Å². The fraction of sp³-hybridized carbons (Fsp3) is 0. The summed E-state index contributed by atoms with van der Waals surface area (Å²) in [6.07, 6.45) is 0. The van der Waals surface area contributed by atoms with Gasteiger partial charge in [-0.2, -0.15) is 0 Å². The summed E-state index contributed by atoms with van der Waals surface area (Å²) in [6, 6.07) is 10.7. The van der Waals surface area contributed by atoms with Crippen LogP contribution >= 0.6 is 23.2 Å². The molecule has 1 nitrogen and oxygen atoms in total. The molecule has 0 heterocycles. The predicted molar refractivity (Wildman–Crippen MR) is 59.1 cm³/mol. The Morgan fingerprint density at radius 3 is 2.29 bits per heavy atom. The molecule has 0 saturated heterocycles. The number of fused-ring (bicyclic) bond motifs is 1. The summed E-state index contributed by atoms with van der Waals surface area (Å²) in [6.45, 7) is 0. The summed E-state index contributed by atoms with van der Waals surface area (Å²) in [5, 5.41) is 1.81. The van der Waals surface area contributed by atoms with Gasteiger partial charge in [-0.1, -0.05) is 35.9 Å². The smallest absolute Gasteiger partial charge is 0.253 e. The summed E-state index contributed by atoms with van der Waals surface area (Å²) in [4.78, 5) is 11.1. The van der Waals surface area contributed by atoms with E-state index in [0.717, 1.165) is 10.8 Å². The lowest BCUT2D eigenvalue weighted by atomic mass is 10.1. The van der Waals surface area contributed by atoms with Crippen molar-refractivity contribution in [2.45, 2.75) is 0 Å². The average Bonchev–Trinajstić information content (AvgIpc) is 2.18. The molecule has 0 bridgehead atoms. The van der Waals surface area contributed by atoms with E-state index in [1.807, 2.05) is 24.3 Å². The highest BCUT2D eigenvalue weighted by Gasteiger charge is 2.08. The van der Waals surface area contributed by atoms with Crippen LogP contribution in [-0.4, -0.2) is 5.24 Å². The van der Waals surface area contributed by atoms with Gasteiger partial charge in [-0.25, -0.2) is 0 Å². The highest BCUT2D eigenvalue weighted by atomic mass is 35.5. The molecule has 2 aromatic carbocycles. The van der Waals surface area contributed by atoms with Crippen LogP contribution in [0, 0.1) is 0 Å². The third-order valence-corrected chi connectivity index (χ3v) is 2.62. The predicted octanol–water partition coefficient (Wildman–Crippen LogP) is 3.87. The second-order valence-corrected chi connectivity index (χ2v) is 3.66. The van der Waals surface area contributed by atoms with E-state index in [2.05, 4.69) is 0 Å². The van der Waals surface area contributed by atoms with Crippen LogP contribution < -0.4 is 0 Å². The number of benzene rings is 2. The maximum atomic E-state index is 11.1. The molecule has 2 rings (SSSR count). The van der Waals surface area contributed by atoms with Crippen LogP contribution in [0.25, 0.3) is 10.8 Å². The van der Waals surface area contributed by atoms with Crippen LogP contribution in [-0.2, 0) is 0 Å². The normalized spacial score (nSPS) is 10.4.